The lowest BCUT2D eigenvalue weighted by atomic mass is 9.95. The second-order valence-electron chi connectivity index (χ2n) is 6.07. The molecule has 1 rings (SSSR count). The summed E-state index contributed by atoms with van der Waals surface area (Å²) in [5.41, 5.74) is 6.20. The van der Waals surface area contributed by atoms with E-state index in [1.807, 2.05) is 52.0 Å². The first-order valence-electron chi connectivity index (χ1n) is 7.63. The smallest absolute Gasteiger partial charge is 0.240 e. The van der Waals surface area contributed by atoms with Gasteiger partial charge in [-0.05, 0) is 40.2 Å². The summed E-state index contributed by atoms with van der Waals surface area (Å²) < 4.78 is 5.80. The molecule has 0 aliphatic heterocycles. The number of amides is 1. The van der Waals surface area contributed by atoms with Crippen molar-refractivity contribution >= 4 is 5.91 Å². The predicted molar refractivity (Wildman–Crippen MR) is 86.3 cm³/mol. The molecule has 2 atom stereocenters. The summed E-state index contributed by atoms with van der Waals surface area (Å²) in [6.45, 7) is 9.71. The Morgan fingerprint density at radius 1 is 1.33 bits per heavy atom. The molecule has 4 nitrogen and oxygen atoms in total. The maximum absolute atomic E-state index is 12.3. The molecule has 21 heavy (non-hydrogen) atoms. The van der Waals surface area contributed by atoms with Crippen molar-refractivity contribution in [1.29, 1.82) is 0 Å². The van der Waals surface area contributed by atoms with Gasteiger partial charge in [0.05, 0.1) is 17.7 Å². The lowest BCUT2D eigenvalue weighted by molar-refractivity contribution is -0.126. The van der Waals surface area contributed by atoms with Crippen LogP contribution in [-0.2, 0) is 4.79 Å². The van der Waals surface area contributed by atoms with Crippen LogP contribution in [0.15, 0.2) is 24.3 Å². The van der Waals surface area contributed by atoms with Gasteiger partial charge in [0.15, 0.2) is 0 Å². The summed E-state index contributed by atoms with van der Waals surface area (Å²) in [4.78, 5) is 12.3. The quantitative estimate of drug-likeness (QED) is 0.811. The van der Waals surface area contributed by atoms with Crippen molar-refractivity contribution in [1.82, 2.24) is 5.32 Å². The van der Waals surface area contributed by atoms with E-state index in [1.54, 1.807) is 6.92 Å². The lowest BCUT2D eigenvalue weighted by Crippen LogP contribution is -2.52. The highest BCUT2D eigenvalue weighted by Crippen LogP contribution is 2.26. The van der Waals surface area contributed by atoms with E-state index in [0.717, 1.165) is 17.7 Å². The molecule has 0 spiro atoms. The Hall–Kier alpha value is -1.55. The summed E-state index contributed by atoms with van der Waals surface area (Å²) >= 11 is 0. The number of carbonyl (C=O) groups is 1. The van der Waals surface area contributed by atoms with Crippen molar-refractivity contribution in [2.24, 2.45) is 5.73 Å². The van der Waals surface area contributed by atoms with Crippen molar-refractivity contribution in [3.05, 3.63) is 29.8 Å². The van der Waals surface area contributed by atoms with Gasteiger partial charge < -0.3 is 15.8 Å². The van der Waals surface area contributed by atoms with Crippen LogP contribution in [0.1, 0.15) is 59.1 Å². The van der Waals surface area contributed by atoms with Crippen molar-refractivity contribution < 1.29 is 9.53 Å². The van der Waals surface area contributed by atoms with Gasteiger partial charge in [-0.3, -0.25) is 4.79 Å². The largest absolute Gasteiger partial charge is 0.491 e. The van der Waals surface area contributed by atoms with E-state index >= 15 is 0 Å². The number of nitrogens with two attached hydrogens (primary N) is 1. The fourth-order valence-electron chi connectivity index (χ4n) is 2.27. The fraction of sp³-hybridized carbons (Fsp3) is 0.588. The molecule has 0 aromatic heterocycles. The van der Waals surface area contributed by atoms with Gasteiger partial charge in [-0.15, -0.1) is 0 Å². The van der Waals surface area contributed by atoms with E-state index in [9.17, 15) is 4.79 Å². The van der Waals surface area contributed by atoms with Gasteiger partial charge in [0.2, 0.25) is 5.91 Å². The normalized spacial score (nSPS) is 15.4. The predicted octanol–water partition coefficient (Wildman–Crippen LogP) is 3.17. The average Bonchev–Trinajstić information content (AvgIpc) is 2.38. The minimum atomic E-state index is -0.836. The van der Waals surface area contributed by atoms with Crippen molar-refractivity contribution in [2.75, 3.05) is 0 Å². The Labute approximate surface area is 128 Å². The highest BCUT2D eigenvalue weighted by atomic mass is 16.5. The first-order chi connectivity index (χ1) is 9.77. The van der Waals surface area contributed by atoms with Gasteiger partial charge in [0.1, 0.15) is 5.75 Å². The topological polar surface area (TPSA) is 64.4 Å². The van der Waals surface area contributed by atoms with Crippen molar-refractivity contribution in [3.63, 3.8) is 0 Å². The van der Waals surface area contributed by atoms with Crippen LogP contribution in [0, 0.1) is 0 Å². The maximum atomic E-state index is 12.3. The van der Waals surface area contributed by atoms with Gasteiger partial charge in [-0.2, -0.15) is 0 Å². The Morgan fingerprint density at radius 3 is 2.52 bits per heavy atom. The van der Waals surface area contributed by atoms with E-state index < -0.39 is 5.54 Å². The summed E-state index contributed by atoms with van der Waals surface area (Å²) in [6, 6.07) is 7.62. The molecule has 118 valence electrons. The molecule has 0 bridgehead atoms. The Kier molecular flexibility index (Phi) is 6.21. The van der Waals surface area contributed by atoms with E-state index in [1.165, 1.54) is 0 Å². The van der Waals surface area contributed by atoms with Crippen LogP contribution in [0.3, 0.4) is 0 Å². The molecule has 0 fully saturated rings. The van der Waals surface area contributed by atoms with E-state index in [4.69, 9.17) is 10.5 Å². The van der Waals surface area contributed by atoms with Crippen LogP contribution in [0.4, 0.5) is 0 Å². The van der Waals surface area contributed by atoms with Crippen LogP contribution >= 0.6 is 0 Å². The van der Waals surface area contributed by atoms with Crippen molar-refractivity contribution in [3.8, 4) is 5.75 Å². The molecular formula is C17H28N2O2. The van der Waals surface area contributed by atoms with Gasteiger partial charge in [-0.25, -0.2) is 0 Å². The number of hydrogen-bond donors (Lipinski definition) is 2. The third kappa shape index (κ3) is 5.05. The number of benzene rings is 1. The number of ether oxygens (including phenoxy) is 1. The fourth-order valence-corrected chi connectivity index (χ4v) is 2.27. The number of carbonyl (C=O) groups excluding carboxylic acids is 1. The number of hydrogen-bond acceptors (Lipinski definition) is 3. The lowest BCUT2D eigenvalue weighted by Gasteiger charge is -2.26. The van der Waals surface area contributed by atoms with Crippen LogP contribution in [0.5, 0.6) is 5.75 Å². The highest BCUT2D eigenvalue weighted by molar-refractivity contribution is 5.85. The molecule has 4 heteroatoms. The Balaban J connectivity index is 2.85. The Bertz CT molecular complexity index is 470. The molecule has 2 unspecified atom stereocenters. The SMILES string of the molecule is CCCC(C)(N)C(=O)NC(C)c1ccccc1OC(C)C. The highest BCUT2D eigenvalue weighted by Gasteiger charge is 2.28. The maximum Gasteiger partial charge on any atom is 0.240 e. The molecule has 1 amide bonds. The number of para-hydroxylation sites is 1. The van der Waals surface area contributed by atoms with Crippen LogP contribution in [0.25, 0.3) is 0 Å². The Morgan fingerprint density at radius 2 is 1.95 bits per heavy atom. The van der Waals surface area contributed by atoms with E-state index in [-0.39, 0.29) is 18.1 Å². The molecule has 1 aromatic carbocycles. The zero-order valence-electron chi connectivity index (χ0n) is 13.8. The van der Waals surface area contributed by atoms with E-state index in [0.29, 0.717) is 6.42 Å². The summed E-state index contributed by atoms with van der Waals surface area (Å²) in [5.74, 6) is 0.672. The molecule has 0 radical (unpaired) electrons. The molecule has 0 saturated heterocycles. The molecule has 3 N–H and O–H groups in total. The second-order valence-corrected chi connectivity index (χ2v) is 6.07. The second kappa shape index (κ2) is 7.46. The van der Waals surface area contributed by atoms with Crippen LogP contribution in [-0.4, -0.2) is 17.6 Å². The zero-order valence-corrected chi connectivity index (χ0v) is 13.8. The van der Waals surface area contributed by atoms with Crippen LogP contribution < -0.4 is 15.8 Å². The first-order valence-corrected chi connectivity index (χ1v) is 7.63. The number of rotatable bonds is 7. The monoisotopic (exact) mass is 292 g/mol. The van der Waals surface area contributed by atoms with Gasteiger partial charge in [-0.1, -0.05) is 31.5 Å². The van der Waals surface area contributed by atoms with Gasteiger partial charge in [0.25, 0.3) is 0 Å². The van der Waals surface area contributed by atoms with Gasteiger partial charge in [0, 0.05) is 5.56 Å². The summed E-state index contributed by atoms with van der Waals surface area (Å²) in [7, 11) is 0. The minimum absolute atomic E-state index is 0.0916. The first kappa shape index (κ1) is 17.5. The average molecular weight is 292 g/mol. The molecule has 0 saturated carbocycles. The summed E-state index contributed by atoms with van der Waals surface area (Å²) in [6.07, 6.45) is 1.63. The van der Waals surface area contributed by atoms with Crippen LogP contribution in [0.2, 0.25) is 0 Å². The molecule has 1 aromatic rings. The van der Waals surface area contributed by atoms with E-state index in [2.05, 4.69) is 5.32 Å². The minimum Gasteiger partial charge on any atom is -0.491 e. The molecule has 0 aliphatic carbocycles. The van der Waals surface area contributed by atoms with Crippen molar-refractivity contribution in [2.45, 2.75) is 65.1 Å². The third-order valence-corrected chi connectivity index (χ3v) is 3.38. The molecule has 0 aliphatic rings. The molecule has 0 heterocycles. The summed E-state index contributed by atoms with van der Waals surface area (Å²) in [5, 5.41) is 2.99. The standard InChI is InChI=1S/C17H28N2O2/c1-6-11-17(5,18)16(20)19-13(4)14-9-7-8-10-15(14)21-12(2)3/h7-10,12-13H,6,11,18H2,1-5H3,(H,19,20). The molecular weight excluding hydrogens is 264 g/mol. The van der Waals surface area contributed by atoms with Gasteiger partial charge >= 0.3 is 0 Å². The number of nitrogens with one attached hydrogen (secondary N) is 1. The zero-order chi connectivity index (χ0) is 16.0. The third-order valence-electron chi connectivity index (χ3n) is 3.38.